The van der Waals surface area contributed by atoms with E-state index >= 15 is 0 Å². The van der Waals surface area contributed by atoms with Crippen molar-refractivity contribution in [1.82, 2.24) is 0 Å². The normalized spacial score (nSPS) is 13.7. The maximum atomic E-state index is 11.9. The van der Waals surface area contributed by atoms with Crippen LogP contribution in [0.5, 0.6) is 0 Å². The molecule has 0 unspecified atom stereocenters. The number of nitrogens with zero attached hydrogens (tertiary/aromatic N) is 2. The Morgan fingerprint density at radius 3 is 2.50 bits per heavy atom. The zero-order valence-corrected chi connectivity index (χ0v) is 11.2. The first-order chi connectivity index (χ1) is 9.77. The fraction of sp³-hybridized carbons (Fsp3) is 0.188. The molecule has 0 atom stereocenters. The van der Waals surface area contributed by atoms with Gasteiger partial charge < -0.3 is 5.73 Å². The minimum atomic E-state index is -0.465. The molecule has 0 saturated carbocycles. The summed E-state index contributed by atoms with van der Waals surface area (Å²) in [7, 11) is 0. The molecular weight excluding hydrogens is 250 g/mol. The van der Waals surface area contributed by atoms with Crippen molar-refractivity contribution < 1.29 is 4.79 Å². The lowest BCUT2D eigenvalue weighted by molar-refractivity contribution is 0.253. The maximum absolute atomic E-state index is 11.9. The predicted octanol–water partition coefficient (Wildman–Crippen LogP) is 2.94. The van der Waals surface area contributed by atoms with Gasteiger partial charge in [0, 0.05) is 6.54 Å². The third kappa shape index (κ3) is 2.20. The maximum Gasteiger partial charge on any atom is 0.338 e. The Hall–Kier alpha value is -2.49. The van der Waals surface area contributed by atoms with Crippen LogP contribution < -0.4 is 15.8 Å². The van der Waals surface area contributed by atoms with E-state index in [4.69, 9.17) is 5.73 Å². The van der Waals surface area contributed by atoms with E-state index in [0.717, 1.165) is 30.8 Å². The SMILES string of the molecule is NC(=O)N(c1ccccc1)N1CCCc2ccccc21. The third-order valence-electron chi connectivity index (χ3n) is 3.54. The van der Waals surface area contributed by atoms with Crippen molar-refractivity contribution in [2.75, 3.05) is 16.6 Å². The Morgan fingerprint density at radius 2 is 1.75 bits per heavy atom. The lowest BCUT2D eigenvalue weighted by Gasteiger charge is -2.39. The molecule has 0 spiro atoms. The molecule has 4 heteroatoms. The van der Waals surface area contributed by atoms with E-state index in [9.17, 15) is 4.79 Å². The number of aryl methyl sites for hydroxylation is 1. The first-order valence-electron chi connectivity index (χ1n) is 6.77. The number of fused-ring (bicyclic) bond motifs is 1. The average molecular weight is 267 g/mol. The van der Waals surface area contributed by atoms with E-state index in [2.05, 4.69) is 6.07 Å². The summed E-state index contributed by atoms with van der Waals surface area (Å²) in [5, 5.41) is 3.52. The van der Waals surface area contributed by atoms with Crippen LogP contribution in [0.1, 0.15) is 12.0 Å². The zero-order chi connectivity index (χ0) is 13.9. The summed E-state index contributed by atoms with van der Waals surface area (Å²) in [6.45, 7) is 0.787. The van der Waals surface area contributed by atoms with Crippen molar-refractivity contribution >= 4 is 17.4 Å². The molecule has 2 aromatic carbocycles. The monoisotopic (exact) mass is 267 g/mol. The first-order valence-corrected chi connectivity index (χ1v) is 6.77. The lowest BCUT2D eigenvalue weighted by Crippen LogP contribution is -2.51. The number of hydrogen-bond acceptors (Lipinski definition) is 2. The molecule has 2 amide bonds. The highest BCUT2D eigenvalue weighted by Gasteiger charge is 2.25. The van der Waals surface area contributed by atoms with Crippen LogP contribution in [0.15, 0.2) is 54.6 Å². The number of rotatable bonds is 2. The van der Waals surface area contributed by atoms with E-state index in [1.54, 1.807) is 5.01 Å². The molecule has 0 saturated heterocycles. The van der Waals surface area contributed by atoms with Crippen LogP contribution in [0.4, 0.5) is 16.2 Å². The van der Waals surface area contributed by atoms with Crippen LogP contribution in [0.25, 0.3) is 0 Å². The van der Waals surface area contributed by atoms with Gasteiger partial charge in [0.15, 0.2) is 0 Å². The number of nitrogens with two attached hydrogens (primary N) is 1. The van der Waals surface area contributed by atoms with Gasteiger partial charge in [0.25, 0.3) is 0 Å². The smallest absolute Gasteiger partial charge is 0.338 e. The number of hydrogen-bond donors (Lipinski definition) is 1. The van der Waals surface area contributed by atoms with E-state index in [1.165, 1.54) is 5.56 Å². The number of carbonyl (C=O) groups excluding carboxylic acids is 1. The topological polar surface area (TPSA) is 49.6 Å². The summed E-state index contributed by atoms with van der Waals surface area (Å²) in [4.78, 5) is 11.9. The Morgan fingerprint density at radius 1 is 1.05 bits per heavy atom. The van der Waals surface area contributed by atoms with Crippen molar-refractivity contribution in [3.05, 3.63) is 60.2 Å². The highest BCUT2D eigenvalue weighted by atomic mass is 16.2. The summed E-state index contributed by atoms with van der Waals surface area (Å²) in [6.07, 6.45) is 2.04. The van der Waals surface area contributed by atoms with Crippen LogP contribution in [0, 0.1) is 0 Å². The molecule has 0 fully saturated rings. The Balaban J connectivity index is 2.04. The number of urea groups is 1. The van der Waals surface area contributed by atoms with E-state index < -0.39 is 6.03 Å². The number of para-hydroxylation sites is 2. The molecule has 3 rings (SSSR count). The van der Waals surface area contributed by atoms with Gasteiger partial charge in [0.1, 0.15) is 0 Å². The van der Waals surface area contributed by atoms with Crippen molar-refractivity contribution in [3.8, 4) is 0 Å². The van der Waals surface area contributed by atoms with Gasteiger partial charge >= 0.3 is 6.03 Å². The standard InChI is InChI=1S/C16H17N3O/c17-16(20)19(14-9-2-1-3-10-14)18-12-6-8-13-7-4-5-11-15(13)18/h1-5,7,9-11H,6,8,12H2,(H2,17,20). The molecule has 1 heterocycles. The molecule has 4 nitrogen and oxygen atoms in total. The minimum Gasteiger partial charge on any atom is -0.350 e. The van der Waals surface area contributed by atoms with Gasteiger partial charge in [-0.3, -0.25) is 5.01 Å². The fourth-order valence-corrected chi connectivity index (χ4v) is 2.68. The average Bonchev–Trinajstić information content (AvgIpc) is 2.48. The molecular formula is C16H17N3O. The molecule has 102 valence electrons. The molecule has 0 aliphatic carbocycles. The van der Waals surface area contributed by atoms with Gasteiger partial charge in [-0.1, -0.05) is 36.4 Å². The summed E-state index contributed by atoms with van der Waals surface area (Å²) >= 11 is 0. The number of carbonyl (C=O) groups is 1. The predicted molar refractivity (Wildman–Crippen MR) is 80.6 cm³/mol. The summed E-state index contributed by atoms with van der Waals surface area (Å²) in [6, 6.07) is 17.2. The second kappa shape index (κ2) is 5.25. The molecule has 2 N–H and O–H groups in total. The second-order valence-electron chi connectivity index (χ2n) is 4.84. The van der Waals surface area contributed by atoms with E-state index in [1.807, 2.05) is 53.5 Å². The largest absolute Gasteiger partial charge is 0.350 e. The van der Waals surface area contributed by atoms with Gasteiger partial charge in [-0.15, -0.1) is 0 Å². The molecule has 0 radical (unpaired) electrons. The summed E-state index contributed by atoms with van der Waals surface area (Å²) < 4.78 is 0. The quantitative estimate of drug-likeness (QED) is 0.909. The molecule has 1 aliphatic rings. The van der Waals surface area contributed by atoms with Crippen LogP contribution >= 0.6 is 0 Å². The summed E-state index contributed by atoms with van der Waals surface area (Å²) in [5.74, 6) is 0. The van der Waals surface area contributed by atoms with Crippen molar-refractivity contribution in [2.24, 2.45) is 5.73 Å². The summed E-state index contributed by atoms with van der Waals surface area (Å²) in [5.41, 5.74) is 8.70. The molecule has 1 aliphatic heterocycles. The van der Waals surface area contributed by atoms with Crippen molar-refractivity contribution in [1.29, 1.82) is 0 Å². The Kier molecular flexibility index (Phi) is 3.29. The van der Waals surface area contributed by atoms with E-state index in [0.29, 0.717) is 0 Å². The van der Waals surface area contributed by atoms with Crippen LogP contribution in [-0.4, -0.2) is 12.6 Å². The lowest BCUT2D eigenvalue weighted by atomic mass is 10.0. The highest BCUT2D eigenvalue weighted by Crippen LogP contribution is 2.30. The molecule has 0 bridgehead atoms. The molecule has 0 aromatic heterocycles. The number of amides is 2. The van der Waals surface area contributed by atoms with Gasteiger partial charge in [-0.25, -0.2) is 9.80 Å². The van der Waals surface area contributed by atoms with Crippen LogP contribution in [0.2, 0.25) is 0 Å². The number of primary amides is 1. The number of anilines is 2. The van der Waals surface area contributed by atoms with Crippen LogP contribution in [0.3, 0.4) is 0 Å². The van der Waals surface area contributed by atoms with Gasteiger partial charge in [-0.05, 0) is 36.6 Å². The van der Waals surface area contributed by atoms with Gasteiger partial charge in [0.05, 0.1) is 11.4 Å². The van der Waals surface area contributed by atoms with Gasteiger partial charge in [0.2, 0.25) is 0 Å². The Labute approximate surface area is 118 Å². The zero-order valence-electron chi connectivity index (χ0n) is 11.2. The fourth-order valence-electron chi connectivity index (χ4n) is 2.68. The first kappa shape index (κ1) is 12.5. The minimum absolute atomic E-state index is 0.465. The third-order valence-corrected chi connectivity index (χ3v) is 3.54. The van der Waals surface area contributed by atoms with E-state index in [-0.39, 0.29) is 0 Å². The highest BCUT2D eigenvalue weighted by molar-refractivity contribution is 5.93. The molecule has 2 aromatic rings. The van der Waals surface area contributed by atoms with Crippen molar-refractivity contribution in [2.45, 2.75) is 12.8 Å². The molecule has 20 heavy (non-hydrogen) atoms. The van der Waals surface area contributed by atoms with Gasteiger partial charge in [-0.2, -0.15) is 0 Å². The number of benzene rings is 2. The van der Waals surface area contributed by atoms with Crippen molar-refractivity contribution in [3.63, 3.8) is 0 Å². The Bertz CT molecular complexity index is 612. The second-order valence-corrected chi connectivity index (χ2v) is 4.84. The van der Waals surface area contributed by atoms with Crippen LogP contribution in [-0.2, 0) is 6.42 Å². The number of hydrazine groups is 1.